The SMILES string of the molecule is CCCCN(c1ccccc1)c1cccc(CNCC)n1. The van der Waals surface area contributed by atoms with Crippen molar-refractivity contribution in [3.63, 3.8) is 0 Å². The highest BCUT2D eigenvalue weighted by Gasteiger charge is 2.10. The Morgan fingerprint density at radius 2 is 1.81 bits per heavy atom. The van der Waals surface area contributed by atoms with Gasteiger partial charge in [0.1, 0.15) is 5.82 Å². The Kier molecular flexibility index (Phi) is 6.22. The summed E-state index contributed by atoms with van der Waals surface area (Å²) in [7, 11) is 0. The van der Waals surface area contributed by atoms with Crippen molar-refractivity contribution in [3.05, 3.63) is 54.2 Å². The highest BCUT2D eigenvalue weighted by Crippen LogP contribution is 2.24. The van der Waals surface area contributed by atoms with E-state index in [1.165, 1.54) is 12.1 Å². The first-order valence-electron chi connectivity index (χ1n) is 7.84. The summed E-state index contributed by atoms with van der Waals surface area (Å²) in [6.45, 7) is 7.11. The molecule has 0 unspecified atom stereocenters. The Balaban J connectivity index is 2.23. The number of nitrogens with zero attached hydrogens (tertiary/aromatic N) is 2. The summed E-state index contributed by atoms with van der Waals surface area (Å²) in [6, 6.07) is 16.8. The largest absolute Gasteiger partial charge is 0.326 e. The zero-order valence-electron chi connectivity index (χ0n) is 13.0. The van der Waals surface area contributed by atoms with Gasteiger partial charge in [-0.15, -0.1) is 0 Å². The molecule has 0 atom stereocenters. The Labute approximate surface area is 128 Å². The minimum atomic E-state index is 0.820. The van der Waals surface area contributed by atoms with Gasteiger partial charge in [0.25, 0.3) is 0 Å². The minimum absolute atomic E-state index is 0.820. The van der Waals surface area contributed by atoms with Crippen molar-refractivity contribution in [1.82, 2.24) is 10.3 Å². The quantitative estimate of drug-likeness (QED) is 0.789. The summed E-state index contributed by atoms with van der Waals surface area (Å²) < 4.78 is 0. The third-order valence-corrected chi connectivity index (χ3v) is 3.43. The minimum Gasteiger partial charge on any atom is -0.326 e. The predicted octanol–water partition coefficient (Wildman–Crippen LogP) is 4.13. The molecule has 3 heteroatoms. The van der Waals surface area contributed by atoms with Crippen LogP contribution in [-0.4, -0.2) is 18.1 Å². The Hall–Kier alpha value is -1.87. The van der Waals surface area contributed by atoms with Crippen molar-refractivity contribution < 1.29 is 0 Å². The first-order chi connectivity index (χ1) is 10.3. The second-order valence-electron chi connectivity index (χ2n) is 5.11. The average Bonchev–Trinajstić information content (AvgIpc) is 2.55. The number of benzene rings is 1. The number of unbranched alkanes of at least 4 members (excludes halogenated alkanes) is 1. The van der Waals surface area contributed by atoms with Crippen LogP contribution in [0.2, 0.25) is 0 Å². The molecule has 0 amide bonds. The molecule has 1 aromatic heterocycles. The van der Waals surface area contributed by atoms with E-state index >= 15 is 0 Å². The number of hydrogen-bond donors (Lipinski definition) is 1. The Morgan fingerprint density at radius 3 is 2.52 bits per heavy atom. The third-order valence-electron chi connectivity index (χ3n) is 3.43. The first-order valence-corrected chi connectivity index (χ1v) is 7.84. The van der Waals surface area contributed by atoms with Gasteiger partial charge in [0, 0.05) is 18.8 Å². The van der Waals surface area contributed by atoms with Crippen molar-refractivity contribution in [3.8, 4) is 0 Å². The van der Waals surface area contributed by atoms with Crippen LogP contribution in [0.15, 0.2) is 48.5 Å². The molecule has 1 heterocycles. The molecule has 0 spiro atoms. The van der Waals surface area contributed by atoms with Crippen LogP contribution in [0.4, 0.5) is 11.5 Å². The summed E-state index contributed by atoms with van der Waals surface area (Å²) in [6.07, 6.45) is 2.34. The van der Waals surface area contributed by atoms with E-state index in [2.05, 4.69) is 72.6 Å². The molecule has 0 aliphatic carbocycles. The van der Waals surface area contributed by atoms with Gasteiger partial charge in [-0.25, -0.2) is 4.98 Å². The van der Waals surface area contributed by atoms with Gasteiger partial charge in [-0.05, 0) is 37.2 Å². The molecular formula is C18H25N3. The molecule has 0 radical (unpaired) electrons. The van der Waals surface area contributed by atoms with E-state index in [0.717, 1.165) is 37.6 Å². The van der Waals surface area contributed by atoms with Gasteiger partial charge in [0.15, 0.2) is 0 Å². The molecule has 0 aliphatic heterocycles. The molecule has 0 bridgehead atoms. The number of nitrogens with one attached hydrogen (secondary N) is 1. The van der Waals surface area contributed by atoms with E-state index in [4.69, 9.17) is 4.98 Å². The maximum Gasteiger partial charge on any atom is 0.133 e. The fourth-order valence-corrected chi connectivity index (χ4v) is 2.27. The number of aromatic nitrogens is 1. The molecule has 21 heavy (non-hydrogen) atoms. The Bertz CT molecular complexity index is 525. The van der Waals surface area contributed by atoms with Crippen LogP contribution in [0.5, 0.6) is 0 Å². The second-order valence-corrected chi connectivity index (χ2v) is 5.11. The van der Waals surface area contributed by atoms with Crippen molar-refractivity contribution in [1.29, 1.82) is 0 Å². The molecule has 112 valence electrons. The van der Waals surface area contributed by atoms with Gasteiger partial charge >= 0.3 is 0 Å². The van der Waals surface area contributed by atoms with Crippen LogP contribution in [-0.2, 0) is 6.54 Å². The topological polar surface area (TPSA) is 28.2 Å². The smallest absolute Gasteiger partial charge is 0.133 e. The van der Waals surface area contributed by atoms with Crippen LogP contribution >= 0.6 is 0 Å². The third kappa shape index (κ3) is 4.57. The molecule has 0 aliphatic rings. The van der Waals surface area contributed by atoms with Crippen molar-refractivity contribution >= 4 is 11.5 Å². The van der Waals surface area contributed by atoms with E-state index in [1.807, 2.05) is 0 Å². The van der Waals surface area contributed by atoms with E-state index < -0.39 is 0 Å². The normalized spacial score (nSPS) is 10.6. The summed E-state index contributed by atoms with van der Waals surface area (Å²) in [5.74, 6) is 1.03. The monoisotopic (exact) mass is 283 g/mol. The summed E-state index contributed by atoms with van der Waals surface area (Å²) in [4.78, 5) is 7.11. The van der Waals surface area contributed by atoms with E-state index in [9.17, 15) is 0 Å². The fraction of sp³-hybridized carbons (Fsp3) is 0.389. The van der Waals surface area contributed by atoms with Crippen LogP contribution in [0.3, 0.4) is 0 Å². The predicted molar refractivity (Wildman–Crippen MR) is 90.0 cm³/mol. The number of hydrogen-bond acceptors (Lipinski definition) is 3. The maximum atomic E-state index is 4.80. The van der Waals surface area contributed by atoms with Gasteiger partial charge in [-0.1, -0.05) is 44.5 Å². The highest BCUT2D eigenvalue weighted by molar-refractivity contribution is 5.59. The summed E-state index contributed by atoms with van der Waals surface area (Å²) >= 11 is 0. The van der Waals surface area contributed by atoms with E-state index in [-0.39, 0.29) is 0 Å². The number of para-hydroxylation sites is 1. The number of rotatable bonds is 8. The molecule has 0 saturated heterocycles. The van der Waals surface area contributed by atoms with Gasteiger partial charge < -0.3 is 10.2 Å². The lowest BCUT2D eigenvalue weighted by molar-refractivity contribution is 0.707. The van der Waals surface area contributed by atoms with Crippen LogP contribution in [0.25, 0.3) is 0 Å². The molecule has 1 N–H and O–H groups in total. The lowest BCUT2D eigenvalue weighted by Gasteiger charge is -2.24. The molecule has 2 aromatic rings. The second kappa shape index (κ2) is 8.42. The van der Waals surface area contributed by atoms with Gasteiger partial charge in [0.2, 0.25) is 0 Å². The van der Waals surface area contributed by atoms with Crippen molar-refractivity contribution in [2.24, 2.45) is 0 Å². The van der Waals surface area contributed by atoms with Crippen molar-refractivity contribution in [2.75, 3.05) is 18.0 Å². The molecule has 0 fully saturated rings. The Morgan fingerprint density at radius 1 is 1.00 bits per heavy atom. The zero-order valence-corrected chi connectivity index (χ0v) is 13.0. The van der Waals surface area contributed by atoms with E-state index in [0.29, 0.717) is 0 Å². The van der Waals surface area contributed by atoms with Gasteiger partial charge in [0.05, 0.1) is 5.69 Å². The summed E-state index contributed by atoms with van der Waals surface area (Å²) in [5.41, 5.74) is 2.30. The average molecular weight is 283 g/mol. The van der Waals surface area contributed by atoms with Gasteiger partial charge in [-0.2, -0.15) is 0 Å². The maximum absolute atomic E-state index is 4.80. The standard InChI is InChI=1S/C18H25N3/c1-3-5-14-21(17-11-7-6-8-12-17)18-13-9-10-16(20-18)15-19-4-2/h6-13,19H,3-5,14-15H2,1-2H3. The van der Waals surface area contributed by atoms with Crippen LogP contribution in [0, 0.1) is 0 Å². The number of pyridine rings is 1. The summed E-state index contributed by atoms with van der Waals surface area (Å²) in [5, 5.41) is 3.33. The lowest BCUT2D eigenvalue weighted by atomic mass is 10.2. The zero-order chi connectivity index (χ0) is 14.9. The highest BCUT2D eigenvalue weighted by atomic mass is 15.2. The molecule has 3 nitrogen and oxygen atoms in total. The lowest BCUT2D eigenvalue weighted by Crippen LogP contribution is -2.20. The first kappa shape index (κ1) is 15.5. The van der Waals surface area contributed by atoms with Gasteiger partial charge in [-0.3, -0.25) is 0 Å². The molecule has 1 aromatic carbocycles. The molecular weight excluding hydrogens is 258 g/mol. The molecule has 2 rings (SSSR count). The van der Waals surface area contributed by atoms with E-state index in [1.54, 1.807) is 0 Å². The van der Waals surface area contributed by atoms with Crippen molar-refractivity contribution in [2.45, 2.75) is 33.2 Å². The van der Waals surface area contributed by atoms with Crippen LogP contribution in [0.1, 0.15) is 32.4 Å². The van der Waals surface area contributed by atoms with Crippen LogP contribution < -0.4 is 10.2 Å². The number of anilines is 2. The fourth-order valence-electron chi connectivity index (χ4n) is 2.27. The molecule has 0 saturated carbocycles.